The lowest BCUT2D eigenvalue weighted by molar-refractivity contribution is -0.136. The highest BCUT2D eigenvalue weighted by Gasteiger charge is 2.45. The van der Waals surface area contributed by atoms with Gasteiger partial charge in [0.2, 0.25) is 17.7 Å². The van der Waals surface area contributed by atoms with Crippen LogP contribution < -0.4 is 21.3 Å². The van der Waals surface area contributed by atoms with E-state index in [1.54, 1.807) is 18.2 Å². The number of carbonyl (C=O) groups excluding carboxylic acids is 5. The van der Waals surface area contributed by atoms with Gasteiger partial charge in [0.15, 0.2) is 0 Å². The van der Waals surface area contributed by atoms with Gasteiger partial charge >= 0.3 is 0 Å². The molecule has 12 nitrogen and oxygen atoms in total. The van der Waals surface area contributed by atoms with E-state index in [0.29, 0.717) is 17.8 Å². The second-order valence-corrected chi connectivity index (χ2v) is 9.48. The Bertz CT molecular complexity index is 1060. The Labute approximate surface area is 220 Å². The number of nitrogens with one attached hydrogen (secondary N) is 4. The monoisotopic (exact) mass is 529 g/mol. The van der Waals surface area contributed by atoms with Crippen molar-refractivity contribution in [3.63, 3.8) is 0 Å². The molecule has 1 atom stereocenters. The number of imide groups is 2. The van der Waals surface area contributed by atoms with Gasteiger partial charge in [-0.15, -0.1) is 0 Å². The van der Waals surface area contributed by atoms with Crippen LogP contribution in [0.25, 0.3) is 0 Å². The smallest absolute Gasteiger partial charge is 0.290 e. The van der Waals surface area contributed by atoms with Crippen molar-refractivity contribution in [1.29, 1.82) is 0 Å². The SMILES string of the molecule is O=C1CCC(N2C(=O)c3cccc(NCCCCCCCCNC(=O)C4CNC4)c3C2=O)C(=O)N1.O=CO. The molecule has 0 aliphatic carbocycles. The van der Waals surface area contributed by atoms with Gasteiger partial charge in [-0.3, -0.25) is 39.0 Å². The lowest BCUT2D eigenvalue weighted by Gasteiger charge is -2.27. The Hall–Kier alpha value is -3.80. The van der Waals surface area contributed by atoms with Crippen molar-refractivity contribution in [2.24, 2.45) is 5.92 Å². The predicted molar refractivity (Wildman–Crippen MR) is 137 cm³/mol. The van der Waals surface area contributed by atoms with Crippen LogP contribution in [0.1, 0.15) is 72.1 Å². The van der Waals surface area contributed by atoms with Crippen molar-refractivity contribution >= 4 is 41.7 Å². The standard InChI is InChI=1S/C25H33N5O5.CH2O2/c31-20-11-10-19(23(33)29-20)30-24(34)17-8-7-9-18(21(17)25(30)35)27-12-5-3-1-2-4-6-13-28-22(32)16-14-26-15-16;2-1-3/h7-9,16,19,26-27H,1-6,10-15H2,(H,28,32)(H,29,31,33);1H,(H,2,3). The number of hydrogen-bond acceptors (Lipinski definition) is 8. The van der Waals surface area contributed by atoms with Crippen LogP contribution in [0.4, 0.5) is 5.69 Å². The molecule has 3 aliphatic rings. The van der Waals surface area contributed by atoms with Crippen LogP contribution in [0.2, 0.25) is 0 Å². The summed E-state index contributed by atoms with van der Waals surface area (Å²) in [5.74, 6) is -1.70. The summed E-state index contributed by atoms with van der Waals surface area (Å²) in [6.07, 6.45) is 6.47. The minimum absolute atomic E-state index is 0.0989. The highest BCUT2D eigenvalue weighted by Crippen LogP contribution is 2.32. The second kappa shape index (κ2) is 14.2. The molecule has 5 amide bonds. The van der Waals surface area contributed by atoms with Gasteiger partial charge in [-0.05, 0) is 31.4 Å². The van der Waals surface area contributed by atoms with Gasteiger partial charge in [-0.1, -0.05) is 31.7 Å². The molecule has 1 unspecified atom stereocenters. The van der Waals surface area contributed by atoms with Gasteiger partial charge in [0.05, 0.1) is 17.0 Å². The largest absolute Gasteiger partial charge is 0.483 e. The Morgan fingerprint density at radius 3 is 2.29 bits per heavy atom. The van der Waals surface area contributed by atoms with Crippen molar-refractivity contribution in [2.75, 3.05) is 31.5 Å². The predicted octanol–water partition coefficient (Wildman–Crippen LogP) is 0.877. The first-order chi connectivity index (χ1) is 18.4. The maximum atomic E-state index is 13.1. The summed E-state index contributed by atoms with van der Waals surface area (Å²) in [5.41, 5.74) is 1.17. The minimum Gasteiger partial charge on any atom is -0.483 e. The van der Waals surface area contributed by atoms with Gasteiger partial charge in [-0.2, -0.15) is 0 Å². The summed E-state index contributed by atoms with van der Waals surface area (Å²) in [4.78, 5) is 70.7. The average Bonchev–Trinajstić information content (AvgIpc) is 3.10. The van der Waals surface area contributed by atoms with Crippen molar-refractivity contribution in [3.8, 4) is 0 Å². The van der Waals surface area contributed by atoms with Crippen molar-refractivity contribution in [3.05, 3.63) is 29.3 Å². The zero-order chi connectivity index (χ0) is 27.5. The number of amides is 5. The highest BCUT2D eigenvalue weighted by molar-refractivity contribution is 6.25. The molecule has 1 aromatic carbocycles. The first-order valence-electron chi connectivity index (χ1n) is 13.0. The number of nitrogens with zero attached hydrogens (tertiary/aromatic N) is 1. The first-order valence-corrected chi connectivity index (χ1v) is 13.0. The van der Waals surface area contributed by atoms with Crippen LogP contribution in [-0.4, -0.2) is 78.2 Å². The Morgan fingerprint density at radius 2 is 1.66 bits per heavy atom. The first kappa shape index (κ1) is 28.8. The number of hydrogen-bond donors (Lipinski definition) is 5. The summed E-state index contributed by atoms with van der Waals surface area (Å²) >= 11 is 0. The number of anilines is 1. The number of fused-ring (bicyclic) bond motifs is 1. The van der Waals surface area contributed by atoms with Gasteiger partial charge in [0, 0.05) is 38.3 Å². The number of piperidine rings is 1. The van der Waals surface area contributed by atoms with Gasteiger partial charge < -0.3 is 21.1 Å². The molecule has 4 rings (SSSR count). The molecular formula is C26H35N5O7. The summed E-state index contributed by atoms with van der Waals surface area (Å²) in [6, 6.07) is 4.13. The number of carbonyl (C=O) groups is 6. The molecule has 0 saturated carbocycles. The van der Waals surface area contributed by atoms with E-state index in [1.165, 1.54) is 0 Å². The third-order valence-corrected chi connectivity index (χ3v) is 6.84. The molecule has 2 saturated heterocycles. The average molecular weight is 530 g/mol. The van der Waals surface area contributed by atoms with E-state index in [-0.39, 0.29) is 36.7 Å². The zero-order valence-corrected chi connectivity index (χ0v) is 21.3. The fraction of sp³-hybridized carbons (Fsp3) is 0.538. The maximum Gasteiger partial charge on any atom is 0.290 e. The van der Waals surface area contributed by atoms with Crippen molar-refractivity contribution < 1.29 is 33.9 Å². The molecule has 12 heteroatoms. The normalized spacial score (nSPS) is 18.6. The number of benzene rings is 1. The third-order valence-electron chi connectivity index (χ3n) is 6.84. The quantitative estimate of drug-likeness (QED) is 0.150. The fourth-order valence-corrected chi connectivity index (χ4v) is 4.67. The van der Waals surface area contributed by atoms with Crippen LogP contribution >= 0.6 is 0 Å². The molecular weight excluding hydrogens is 494 g/mol. The molecule has 3 aliphatic heterocycles. The Kier molecular flexibility index (Phi) is 10.8. The second-order valence-electron chi connectivity index (χ2n) is 9.48. The number of unbranched alkanes of at least 4 members (excludes halogenated alkanes) is 5. The van der Waals surface area contributed by atoms with Crippen LogP contribution in [0.5, 0.6) is 0 Å². The molecule has 2 fully saturated rings. The van der Waals surface area contributed by atoms with Gasteiger partial charge in [0.1, 0.15) is 6.04 Å². The van der Waals surface area contributed by atoms with E-state index >= 15 is 0 Å². The Morgan fingerprint density at radius 1 is 1.00 bits per heavy atom. The van der Waals surface area contributed by atoms with E-state index in [4.69, 9.17) is 9.90 Å². The van der Waals surface area contributed by atoms with Crippen LogP contribution in [-0.2, 0) is 19.2 Å². The highest BCUT2D eigenvalue weighted by atomic mass is 16.3. The number of rotatable bonds is 12. The van der Waals surface area contributed by atoms with Crippen molar-refractivity contribution in [1.82, 2.24) is 20.9 Å². The lowest BCUT2D eigenvalue weighted by atomic mass is 10.0. The van der Waals surface area contributed by atoms with Gasteiger partial charge in [-0.25, -0.2) is 0 Å². The van der Waals surface area contributed by atoms with E-state index < -0.39 is 29.7 Å². The van der Waals surface area contributed by atoms with Gasteiger partial charge in [0.25, 0.3) is 18.3 Å². The summed E-state index contributed by atoms with van der Waals surface area (Å²) in [6.45, 7) is 2.73. The molecule has 0 spiro atoms. The molecule has 38 heavy (non-hydrogen) atoms. The van der Waals surface area contributed by atoms with Crippen LogP contribution in [0.3, 0.4) is 0 Å². The molecule has 0 aromatic heterocycles. The summed E-state index contributed by atoms with van der Waals surface area (Å²) in [5, 5.41) is 18.5. The molecule has 1 aromatic rings. The van der Waals surface area contributed by atoms with Crippen molar-refractivity contribution in [2.45, 2.75) is 57.4 Å². The molecule has 0 bridgehead atoms. The Balaban J connectivity index is 0.00000127. The van der Waals surface area contributed by atoms with Crippen LogP contribution in [0, 0.1) is 5.92 Å². The zero-order valence-electron chi connectivity index (χ0n) is 21.3. The molecule has 0 radical (unpaired) electrons. The fourth-order valence-electron chi connectivity index (χ4n) is 4.67. The van der Waals surface area contributed by atoms with E-state index in [1.807, 2.05) is 0 Å². The minimum atomic E-state index is -0.962. The third kappa shape index (κ3) is 7.15. The molecule has 206 valence electrons. The van der Waals surface area contributed by atoms with Crippen LogP contribution in [0.15, 0.2) is 18.2 Å². The summed E-state index contributed by atoms with van der Waals surface area (Å²) < 4.78 is 0. The topological polar surface area (TPSA) is 174 Å². The van der Waals surface area contributed by atoms with E-state index in [2.05, 4.69) is 21.3 Å². The summed E-state index contributed by atoms with van der Waals surface area (Å²) in [7, 11) is 0. The molecule has 5 N–H and O–H groups in total. The van der Waals surface area contributed by atoms with E-state index in [0.717, 1.165) is 63.1 Å². The maximum absolute atomic E-state index is 13.1. The number of carboxylic acid groups (broad SMARTS) is 1. The lowest BCUT2D eigenvalue weighted by Crippen LogP contribution is -2.54. The molecule has 3 heterocycles. The van der Waals surface area contributed by atoms with E-state index in [9.17, 15) is 24.0 Å².